The molecule has 0 spiro atoms. The summed E-state index contributed by atoms with van der Waals surface area (Å²) in [5.41, 5.74) is 3.68. The third-order valence-corrected chi connectivity index (χ3v) is 4.07. The van der Waals surface area contributed by atoms with Crippen LogP contribution in [0.15, 0.2) is 49.0 Å². The number of hydrogen-bond donors (Lipinski definition) is 0. The molecule has 0 aromatic heterocycles. The molecule has 2 aromatic carbocycles. The van der Waals surface area contributed by atoms with Crippen LogP contribution in [0.2, 0.25) is 0 Å². The van der Waals surface area contributed by atoms with Crippen LogP contribution in [0.1, 0.15) is 38.8 Å². The third kappa shape index (κ3) is 4.50. The lowest BCUT2D eigenvalue weighted by Gasteiger charge is -2.24. The molecule has 0 unspecified atom stereocenters. The molecule has 2 rings (SSSR count). The van der Waals surface area contributed by atoms with E-state index in [4.69, 9.17) is 9.47 Å². The lowest BCUT2D eigenvalue weighted by molar-refractivity contribution is -0.158. The molecule has 0 aliphatic heterocycles. The molecule has 3 nitrogen and oxygen atoms in total. The molecule has 0 atom stereocenters. The van der Waals surface area contributed by atoms with Gasteiger partial charge in [-0.25, -0.2) is 4.79 Å². The molecule has 0 bridgehead atoms. The Labute approximate surface area is 150 Å². The maximum absolute atomic E-state index is 11.9. The van der Waals surface area contributed by atoms with Crippen LogP contribution in [0.3, 0.4) is 0 Å². The SMILES string of the molecule is C=Cc1ccc(-c2ccc(OC(C)(C)C(=O)OCC)cc2)cc1CC. The van der Waals surface area contributed by atoms with Crippen molar-refractivity contribution in [3.05, 3.63) is 60.2 Å². The highest BCUT2D eigenvalue weighted by molar-refractivity contribution is 5.79. The average molecular weight is 338 g/mol. The van der Waals surface area contributed by atoms with Crippen LogP contribution in [-0.4, -0.2) is 18.2 Å². The number of carbonyl (C=O) groups is 1. The lowest BCUT2D eigenvalue weighted by atomic mass is 9.97. The van der Waals surface area contributed by atoms with E-state index >= 15 is 0 Å². The fourth-order valence-electron chi connectivity index (χ4n) is 2.65. The number of benzene rings is 2. The van der Waals surface area contributed by atoms with Gasteiger partial charge in [-0.1, -0.05) is 49.9 Å². The molecule has 0 N–H and O–H groups in total. The van der Waals surface area contributed by atoms with Crippen LogP contribution >= 0.6 is 0 Å². The predicted molar refractivity (Wildman–Crippen MR) is 103 cm³/mol. The maximum Gasteiger partial charge on any atom is 0.349 e. The van der Waals surface area contributed by atoms with Crippen molar-refractivity contribution < 1.29 is 14.3 Å². The fourth-order valence-corrected chi connectivity index (χ4v) is 2.65. The minimum Gasteiger partial charge on any atom is -0.476 e. The van der Waals surface area contributed by atoms with Gasteiger partial charge in [-0.3, -0.25) is 0 Å². The highest BCUT2D eigenvalue weighted by atomic mass is 16.6. The van der Waals surface area contributed by atoms with Crippen LogP contribution in [0, 0.1) is 0 Å². The Morgan fingerprint density at radius 2 is 1.72 bits per heavy atom. The number of aryl methyl sites for hydroxylation is 1. The van der Waals surface area contributed by atoms with Crippen molar-refractivity contribution in [2.75, 3.05) is 6.61 Å². The second kappa shape index (κ2) is 8.02. The lowest BCUT2D eigenvalue weighted by Crippen LogP contribution is -2.39. The standard InChI is InChI=1S/C22H26O3/c1-6-16-9-10-19(15-17(16)7-2)18-11-13-20(14-12-18)25-22(4,5)21(23)24-8-3/h6,9-15H,1,7-8H2,2-5H3. The van der Waals surface area contributed by atoms with Gasteiger partial charge < -0.3 is 9.47 Å². The van der Waals surface area contributed by atoms with E-state index in [2.05, 4.69) is 31.7 Å². The summed E-state index contributed by atoms with van der Waals surface area (Å²) in [6.45, 7) is 11.5. The second-order valence-corrected chi connectivity index (χ2v) is 6.33. The summed E-state index contributed by atoms with van der Waals surface area (Å²) in [6.07, 6.45) is 2.85. The van der Waals surface area contributed by atoms with Gasteiger partial charge in [0.25, 0.3) is 0 Å². The summed E-state index contributed by atoms with van der Waals surface area (Å²) >= 11 is 0. The number of carbonyl (C=O) groups excluding carboxylic acids is 1. The Balaban J connectivity index is 2.20. The predicted octanol–water partition coefficient (Wildman–Crippen LogP) is 5.28. The molecule has 25 heavy (non-hydrogen) atoms. The minimum absolute atomic E-state index is 0.338. The summed E-state index contributed by atoms with van der Waals surface area (Å²) in [5, 5.41) is 0. The van der Waals surface area contributed by atoms with E-state index < -0.39 is 5.60 Å². The van der Waals surface area contributed by atoms with E-state index in [1.807, 2.05) is 30.3 Å². The van der Waals surface area contributed by atoms with Crippen molar-refractivity contribution in [2.45, 2.75) is 39.7 Å². The molecular formula is C22H26O3. The Bertz CT molecular complexity index is 742. The molecule has 0 heterocycles. The summed E-state index contributed by atoms with van der Waals surface area (Å²) in [4.78, 5) is 11.9. The average Bonchev–Trinajstić information content (AvgIpc) is 2.61. The summed E-state index contributed by atoms with van der Waals surface area (Å²) in [7, 11) is 0. The van der Waals surface area contributed by atoms with Crippen LogP contribution in [0.5, 0.6) is 5.75 Å². The Morgan fingerprint density at radius 1 is 1.08 bits per heavy atom. The van der Waals surface area contributed by atoms with Gasteiger partial charge in [0.2, 0.25) is 0 Å². The van der Waals surface area contributed by atoms with E-state index in [1.165, 1.54) is 11.1 Å². The normalized spacial score (nSPS) is 11.0. The third-order valence-electron chi connectivity index (χ3n) is 4.07. The summed E-state index contributed by atoms with van der Waals surface area (Å²) < 4.78 is 10.8. The molecule has 0 aliphatic rings. The molecule has 0 amide bonds. The van der Waals surface area contributed by atoms with E-state index in [0.717, 1.165) is 17.5 Å². The number of esters is 1. The number of rotatable bonds is 7. The van der Waals surface area contributed by atoms with Gasteiger partial charge in [-0.05, 0) is 61.6 Å². The van der Waals surface area contributed by atoms with E-state index in [9.17, 15) is 4.79 Å². The summed E-state index contributed by atoms with van der Waals surface area (Å²) in [5.74, 6) is 0.270. The van der Waals surface area contributed by atoms with E-state index in [0.29, 0.717) is 12.4 Å². The van der Waals surface area contributed by atoms with E-state index in [-0.39, 0.29) is 5.97 Å². The zero-order chi connectivity index (χ0) is 18.4. The van der Waals surface area contributed by atoms with Crippen molar-refractivity contribution in [3.63, 3.8) is 0 Å². The van der Waals surface area contributed by atoms with Gasteiger partial charge in [0, 0.05) is 0 Å². The van der Waals surface area contributed by atoms with Crippen molar-refractivity contribution in [2.24, 2.45) is 0 Å². The van der Waals surface area contributed by atoms with Gasteiger partial charge in [0.15, 0.2) is 5.60 Å². The first-order valence-corrected chi connectivity index (χ1v) is 8.63. The Morgan fingerprint density at radius 3 is 2.28 bits per heavy atom. The molecule has 132 valence electrons. The van der Waals surface area contributed by atoms with Gasteiger partial charge in [-0.15, -0.1) is 0 Å². The second-order valence-electron chi connectivity index (χ2n) is 6.33. The van der Waals surface area contributed by atoms with Gasteiger partial charge in [0.1, 0.15) is 5.75 Å². The van der Waals surface area contributed by atoms with Crippen molar-refractivity contribution in [1.82, 2.24) is 0 Å². The van der Waals surface area contributed by atoms with Crippen LogP contribution in [0.25, 0.3) is 17.2 Å². The molecular weight excluding hydrogens is 312 g/mol. The molecule has 0 fully saturated rings. The first-order valence-electron chi connectivity index (χ1n) is 8.63. The highest BCUT2D eigenvalue weighted by Crippen LogP contribution is 2.27. The molecule has 2 aromatic rings. The largest absolute Gasteiger partial charge is 0.476 e. The highest BCUT2D eigenvalue weighted by Gasteiger charge is 2.31. The minimum atomic E-state index is -1.02. The van der Waals surface area contributed by atoms with Crippen molar-refractivity contribution in [1.29, 1.82) is 0 Å². The van der Waals surface area contributed by atoms with Crippen molar-refractivity contribution in [3.8, 4) is 16.9 Å². The zero-order valence-corrected chi connectivity index (χ0v) is 15.5. The van der Waals surface area contributed by atoms with E-state index in [1.54, 1.807) is 20.8 Å². The van der Waals surface area contributed by atoms with Gasteiger partial charge in [0.05, 0.1) is 6.61 Å². The fraction of sp³-hybridized carbons (Fsp3) is 0.318. The molecule has 0 saturated carbocycles. The monoisotopic (exact) mass is 338 g/mol. The molecule has 0 radical (unpaired) electrons. The maximum atomic E-state index is 11.9. The quantitative estimate of drug-likeness (QED) is 0.644. The van der Waals surface area contributed by atoms with Crippen molar-refractivity contribution >= 4 is 12.0 Å². The first kappa shape index (κ1) is 18.8. The van der Waals surface area contributed by atoms with Gasteiger partial charge >= 0.3 is 5.97 Å². The number of ether oxygens (including phenoxy) is 2. The van der Waals surface area contributed by atoms with Gasteiger partial charge in [-0.2, -0.15) is 0 Å². The molecule has 0 aliphatic carbocycles. The Hall–Kier alpha value is -2.55. The first-order chi connectivity index (χ1) is 11.9. The van der Waals surface area contributed by atoms with Crippen LogP contribution < -0.4 is 4.74 Å². The molecule has 3 heteroatoms. The topological polar surface area (TPSA) is 35.5 Å². The Kier molecular flexibility index (Phi) is 6.02. The van der Waals surface area contributed by atoms with Crippen LogP contribution in [-0.2, 0) is 16.0 Å². The number of hydrogen-bond acceptors (Lipinski definition) is 3. The molecule has 0 saturated heterocycles. The zero-order valence-electron chi connectivity index (χ0n) is 15.5. The van der Waals surface area contributed by atoms with Crippen LogP contribution in [0.4, 0.5) is 0 Å². The summed E-state index contributed by atoms with van der Waals surface area (Å²) in [6, 6.07) is 14.1. The smallest absolute Gasteiger partial charge is 0.349 e.